The Morgan fingerprint density at radius 1 is 1.21 bits per heavy atom. The second kappa shape index (κ2) is 6.09. The molecule has 1 N–H and O–H groups in total. The molecule has 0 atom stereocenters. The zero-order valence-electron chi connectivity index (χ0n) is 12.9. The van der Waals surface area contributed by atoms with Crippen molar-refractivity contribution >= 4 is 17.5 Å². The number of carbonyl (C=O) groups excluding carboxylic acids is 1. The topological polar surface area (TPSA) is 61.9 Å². The van der Waals surface area contributed by atoms with E-state index in [1.165, 1.54) is 0 Å². The van der Waals surface area contributed by atoms with Crippen LogP contribution in [-0.4, -0.2) is 32.5 Å². The van der Waals surface area contributed by atoms with Crippen LogP contribution in [0, 0.1) is 0 Å². The number of aromatic amines is 1. The fourth-order valence-corrected chi connectivity index (χ4v) is 3.18. The van der Waals surface area contributed by atoms with Crippen LogP contribution < -0.4 is 0 Å². The lowest BCUT2D eigenvalue weighted by Gasteiger charge is -2.27. The molecule has 6 heteroatoms. The molecule has 3 aromatic rings. The van der Waals surface area contributed by atoms with Gasteiger partial charge in [-0.1, -0.05) is 29.8 Å². The minimum absolute atomic E-state index is 0.0560. The summed E-state index contributed by atoms with van der Waals surface area (Å²) in [6.45, 7) is 1.17. The van der Waals surface area contributed by atoms with Crippen molar-refractivity contribution in [3.05, 3.63) is 70.6 Å². The highest BCUT2D eigenvalue weighted by Gasteiger charge is 2.26. The maximum absolute atomic E-state index is 12.6. The molecule has 1 aliphatic rings. The lowest BCUT2D eigenvalue weighted by Crippen LogP contribution is -2.36. The third-order valence-corrected chi connectivity index (χ3v) is 4.44. The molecule has 0 aliphatic carbocycles. The number of H-pyrrole nitrogens is 1. The molecule has 24 heavy (non-hydrogen) atoms. The van der Waals surface area contributed by atoms with Gasteiger partial charge in [-0.2, -0.15) is 5.10 Å². The molecule has 0 bridgehead atoms. The summed E-state index contributed by atoms with van der Waals surface area (Å²) in [6, 6.07) is 13.0. The number of carbonyl (C=O) groups is 1. The predicted octanol–water partition coefficient (Wildman–Crippen LogP) is 3.32. The third-order valence-electron chi connectivity index (χ3n) is 4.20. The maximum atomic E-state index is 12.6. The maximum Gasteiger partial charge on any atom is 0.272 e. The number of nitrogens with one attached hydrogen (secondary N) is 1. The first-order valence-electron chi connectivity index (χ1n) is 7.75. The number of rotatable bonds is 2. The molecule has 2 aromatic heterocycles. The van der Waals surface area contributed by atoms with Crippen molar-refractivity contribution in [2.75, 3.05) is 6.54 Å². The van der Waals surface area contributed by atoms with E-state index in [1.807, 2.05) is 35.2 Å². The van der Waals surface area contributed by atoms with Gasteiger partial charge in [-0.15, -0.1) is 0 Å². The van der Waals surface area contributed by atoms with Crippen LogP contribution in [0.15, 0.2) is 48.7 Å². The van der Waals surface area contributed by atoms with E-state index in [4.69, 9.17) is 11.6 Å². The molecule has 0 radical (unpaired) electrons. The van der Waals surface area contributed by atoms with Gasteiger partial charge in [-0.25, -0.2) is 0 Å². The molecule has 5 nitrogen and oxygen atoms in total. The lowest BCUT2D eigenvalue weighted by atomic mass is 10.0. The van der Waals surface area contributed by atoms with Crippen LogP contribution >= 0.6 is 11.6 Å². The van der Waals surface area contributed by atoms with Gasteiger partial charge in [0.1, 0.15) is 5.69 Å². The number of benzene rings is 1. The average Bonchev–Trinajstić information content (AvgIpc) is 3.05. The summed E-state index contributed by atoms with van der Waals surface area (Å²) in [6.07, 6.45) is 2.39. The normalized spacial score (nSPS) is 13.6. The van der Waals surface area contributed by atoms with Gasteiger partial charge >= 0.3 is 0 Å². The Bertz CT molecular complexity index is 891. The van der Waals surface area contributed by atoms with Gasteiger partial charge in [0.05, 0.1) is 12.2 Å². The number of amides is 1. The number of fused-ring (bicyclic) bond motifs is 1. The van der Waals surface area contributed by atoms with Crippen molar-refractivity contribution in [1.82, 2.24) is 20.1 Å². The molecule has 1 aliphatic heterocycles. The highest BCUT2D eigenvalue weighted by Crippen LogP contribution is 2.30. The molecule has 0 spiro atoms. The predicted molar refractivity (Wildman–Crippen MR) is 91.7 cm³/mol. The van der Waals surface area contributed by atoms with Crippen LogP contribution in [0.2, 0.25) is 5.02 Å². The first-order valence-corrected chi connectivity index (χ1v) is 8.12. The van der Waals surface area contributed by atoms with Crippen molar-refractivity contribution < 1.29 is 4.79 Å². The number of nitrogens with zero attached hydrogens (tertiary/aromatic N) is 3. The Labute approximate surface area is 144 Å². The van der Waals surface area contributed by atoms with Gasteiger partial charge in [-0.05, 0) is 24.3 Å². The van der Waals surface area contributed by atoms with Crippen LogP contribution in [0.3, 0.4) is 0 Å². The third kappa shape index (κ3) is 2.67. The van der Waals surface area contributed by atoms with E-state index in [0.29, 0.717) is 23.8 Å². The molecule has 3 heterocycles. The van der Waals surface area contributed by atoms with Crippen molar-refractivity contribution in [3.63, 3.8) is 0 Å². The van der Waals surface area contributed by atoms with Crippen LogP contribution in [0.4, 0.5) is 0 Å². The largest absolute Gasteiger partial charge is 0.332 e. The molecule has 1 aromatic carbocycles. The van der Waals surface area contributed by atoms with Crippen LogP contribution in [-0.2, 0) is 13.0 Å². The molecule has 1 amide bonds. The van der Waals surface area contributed by atoms with E-state index in [2.05, 4.69) is 15.2 Å². The molecular weight excluding hydrogens is 324 g/mol. The Morgan fingerprint density at radius 3 is 2.92 bits per heavy atom. The van der Waals surface area contributed by atoms with E-state index in [9.17, 15) is 4.79 Å². The minimum Gasteiger partial charge on any atom is -0.332 e. The Hall–Kier alpha value is -2.66. The van der Waals surface area contributed by atoms with E-state index >= 15 is 0 Å². The van der Waals surface area contributed by atoms with Gasteiger partial charge in [0, 0.05) is 41.0 Å². The summed E-state index contributed by atoms with van der Waals surface area (Å²) in [4.78, 5) is 18.6. The molecule has 0 saturated heterocycles. The second-order valence-electron chi connectivity index (χ2n) is 5.73. The Kier molecular flexibility index (Phi) is 3.78. The average molecular weight is 339 g/mol. The SMILES string of the molecule is O=C(c1ccccn1)N1CCc2[nH]nc(-c3cccc(Cl)c3)c2C1. The van der Waals surface area contributed by atoms with E-state index < -0.39 is 0 Å². The standard InChI is InChI=1S/C18H15ClN4O/c19-13-5-3-4-12(10-13)17-14-11-23(9-7-15(14)21-22-17)18(24)16-6-1-2-8-20-16/h1-6,8,10H,7,9,11H2,(H,21,22). The van der Waals surface area contributed by atoms with Gasteiger partial charge in [0.2, 0.25) is 0 Å². The van der Waals surface area contributed by atoms with E-state index in [-0.39, 0.29) is 5.91 Å². The first kappa shape index (κ1) is 14.9. The van der Waals surface area contributed by atoms with Crippen LogP contribution in [0.1, 0.15) is 21.7 Å². The summed E-state index contributed by atoms with van der Waals surface area (Å²) in [7, 11) is 0. The highest BCUT2D eigenvalue weighted by molar-refractivity contribution is 6.30. The molecule has 0 fully saturated rings. The minimum atomic E-state index is -0.0560. The summed E-state index contributed by atoms with van der Waals surface area (Å²) in [5.41, 5.74) is 4.40. The summed E-state index contributed by atoms with van der Waals surface area (Å²) >= 11 is 6.09. The highest BCUT2D eigenvalue weighted by atomic mass is 35.5. The second-order valence-corrected chi connectivity index (χ2v) is 6.17. The number of hydrogen-bond acceptors (Lipinski definition) is 3. The van der Waals surface area contributed by atoms with Crippen molar-refractivity contribution in [3.8, 4) is 11.3 Å². The van der Waals surface area contributed by atoms with Crippen molar-refractivity contribution in [2.45, 2.75) is 13.0 Å². The Balaban J connectivity index is 1.65. The lowest BCUT2D eigenvalue weighted by molar-refractivity contribution is 0.0728. The number of hydrogen-bond donors (Lipinski definition) is 1. The summed E-state index contributed by atoms with van der Waals surface area (Å²) in [5, 5.41) is 8.20. The number of aromatic nitrogens is 3. The molecular formula is C18H15ClN4O. The fourth-order valence-electron chi connectivity index (χ4n) is 2.99. The van der Waals surface area contributed by atoms with Crippen molar-refractivity contribution in [1.29, 1.82) is 0 Å². The van der Waals surface area contributed by atoms with Gasteiger partial charge in [0.15, 0.2) is 0 Å². The monoisotopic (exact) mass is 338 g/mol. The molecule has 4 rings (SSSR count). The van der Waals surface area contributed by atoms with Gasteiger partial charge in [-0.3, -0.25) is 14.9 Å². The van der Waals surface area contributed by atoms with Crippen molar-refractivity contribution in [2.24, 2.45) is 0 Å². The Morgan fingerprint density at radius 2 is 2.12 bits per heavy atom. The first-order chi connectivity index (χ1) is 11.7. The van der Waals surface area contributed by atoms with Crippen LogP contribution in [0.5, 0.6) is 0 Å². The zero-order valence-corrected chi connectivity index (χ0v) is 13.6. The van der Waals surface area contributed by atoms with E-state index in [0.717, 1.165) is 28.9 Å². The smallest absolute Gasteiger partial charge is 0.272 e. The van der Waals surface area contributed by atoms with Gasteiger partial charge in [0.25, 0.3) is 5.91 Å². The zero-order chi connectivity index (χ0) is 16.5. The van der Waals surface area contributed by atoms with Crippen LogP contribution in [0.25, 0.3) is 11.3 Å². The molecule has 120 valence electrons. The quantitative estimate of drug-likeness (QED) is 0.779. The number of halogens is 1. The molecule has 0 saturated carbocycles. The molecule has 0 unspecified atom stereocenters. The fraction of sp³-hybridized carbons (Fsp3) is 0.167. The van der Waals surface area contributed by atoms with E-state index in [1.54, 1.807) is 18.3 Å². The van der Waals surface area contributed by atoms with Gasteiger partial charge < -0.3 is 4.90 Å². The summed E-state index contributed by atoms with van der Waals surface area (Å²) in [5.74, 6) is -0.0560. The number of pyridine rings is 1. The summed E-state index contributed by atoms with van der Waals surface area (Å²) < 4.78 is 0.